The standard InChI is InChI=1S/C14H21NO/c1-2-9-15(10-12-3-4-12)11-13-5-7-14(16)8-6-13/h5-8,12,16H,2-4,9-11H2,1H3/p+1. The van der Waals surface area contributed by atoms with Crippen LogP contribution in [0.2, 0.25) is 0 Å². The number of phenolic OH excluding ortho intramolecular Hbond substituents is 1. The van der Waals surface area contributed by atoms with Crippen molar-refractivity contribution in [2.45, 2.75) is 32.7 Å². The number of hydrogen-bond donors (Lipinski definition) is 2. The summed E-state index contributed by atoms with van der Waals surface area (Å²) in [6.07, 6.45) is 4.12. The summed E-state index contributed by atoms with van der Waals surface area (Å²) in [5.74, 6) is 1.35. The number of rotatable bonds is 6. The van der Waals surface area contributed by atoms with E-state index in [0.29, 0.717) is 5.75 Å². The molecule has 0 aromatic heterocycles. The molecule has 1 aromatic carbocycles. The fraction of sp³-hybridized carbons (Fsp3) is 0.571. The maximum absolute atomic E-state index is 9.24. The Morgan fingerprint density at radius 1 is 1.25 bits per heavy atom. The second kappa shape index (κ2) is 5.35. The van der Waals surface area contributed by atoms with Gasteiger partial charge in [0.15, 0.2) is 0 Å². The molecule has 2 rings (SSSR count). The lowest BCUT2D eigenvalue weighted by Gasteiger charge is -2.18. The predicted molar refractivity (Wildman–Crippen MR) is 65.5 cm³/mol. The van der Waals surface area contributed by atoms with Crippen LogP contribution in [0.4, 0.5) is 0 Å². The van der Waals surface area contributed by atoms with E-state index in [1.807, 2.05) is 12.1 Å². The molecule has 0 aliphatic heterocycles. The van der Waals surface area contributed by atoms with Crippen LogP contribution in [-0.4, -0.2) is 18.2 Å². The first-order chi connectivity index (χ1) is 7.78. The van der Waals surface area contributed by atoms with Gasteiger partial charge in [0.2, 0.25) is 0 Å². The zero-order valence-corrected chi connectivity index (χ0v) is 10.1. The van der Waals surface area contributed by atoms with Gasteiger partial charge in [0.05, 0.1) is 13.1 Å². The summed E-state index contributed by atoms with van der Waals surface area (Å²) >= 11 is 0. The summed E-state index contributed by atoms with van der Waals surface area (Å²) in [7, 11) is 0. The monoisotopic (exact) mass is 220 g/mol. The zero-order chi connectivity index (χ0) is 11.4. The van der Waals surface area contributed by atoms with E-state index in [-0.39, 0.29) is 0 Å². The molecule has 1 fully saturated rings. The molecule has 1 aromatic rings. The summed E-state index contributed by atoms with van der Waals surface area (Å²) in [6.45, 7) is 5.94. The van der Waals surface area contributed by atoms with Crippen LogP contribution in [0.25, 0.3) is 0 Å². The van der Waals surface area contributed by atoms with Crippen molar-refractivity contribution in [3.05, 3.63) is 29.8 Å². The molecule has 1 aliphatic carbocycles. The molecule has 16 heavy (non-hydrogen) atoms. The molecule has 0 bridgehead atoms. The van der Waals surface area contributed by atoms with Crippen molar-refractivity contribution in [3.8, 4) is 5.75 Å². The van der Waals surface area contributed by atoms with E-state index in [4.69, 9.17) is 0 Å². The number of benzene rings is 1. The second-order valence-corrected chi connectivity index (χ2v) is 4.99. The van der Waals surface area contributed by atoms with Gasteiger partial charge in [-0.15, -0.1) is 0 Å². The molecule has 0 spiro atoms. The summed E-state index contributed by atoms with van der Waals surface area (Å²) in [6, 6.07) is 7.65. The van der Waals surface area contributed by atoms with Crippen molar-refractivity contribution in [2.24, 2.45) is 5.92 Å². The minimum Gasteiger partial charge on any atom is -0.508 e. The molecule has 0 radical (unpaired) electrons. The van der Waals surface area contributed by atoms with Crippen LogP contribution < -0.4 is 4.90 Å². The first-order valence-corrected chi connectivity index (χ1v) is 6.39. The first-order valence-electron chi connectivity index (χ1n) is 6.39. The third kappa shape index (κ3) is 3.53. The van der Waals surface area contributed by atoms with Gasteiger partial charge < -0.3 is 10.0 Å². The lowest BCUT2D eigenvalue weighted by molar-refractivity contribution is -0.915. The van der Waals surface area contributed by atoms with Crippen molar-refractivity contribution in [1.29, 1.82) is 0 Å². The Balaban J connectivity index is 1.90. The Bertz CT molecular complexity index is 316. The summed E-state index contributed by atoms with van der Waals surface area (Å²) in [5.41, 5.74) is 1.34. The maximum atomic E-state index is 9.24. The van der Waals surface area contributed by atoms with E-state index in [1.165, 1.54) is 37.9 Å². The highest BCUT2D eigenvalue weighted by atomic mass is 16.3. The van der Waals surface area contributed by atoms with E-state index in [1.54, 1.807) is 17.0 Å². The highest BCUT2D eigenvalue weighted by Gasteiger charge is 2.26. The molecule has 2 nitrogen and oxygen atoms in total. The van der Waals surface area contributed by atoms with Crippen LogP contribution in [0.1, 0.15) is 31.7 Å². The summed E-state index contributed by atoms with van der Waals surface area (Å²) in [5, 5.41) is 9.24. The zero-order valence-electron chi connectivity index (χ0n) is 10.1. The fourth-order valence-corrected chi connectivity index (χ4v) is 2.25. The molecule has 2 heteroatoms. The number of nitrogens with one attached hydrogen (secondary N) is 1. The summed E-state index contributed by atoms with van der Waals surface area (Å²) in [4.78, 5) is 1.69. The largest absolute Gasteiger partial charge is 0.508 e. The van der Waals surface area contributed by atoms with Gasteiger partial charge in [-0.1, -0.05) is 6.92 Å². The van der Waals surface area contributed by atoms with Crippen LogP contribution >= 0.6 is 0 Å². The third-order valence-corrected chi connectivity index (χ3v) is 3.27. The van der Waals surface area contributed by atoms with Crippen LogP contribution in [-0.2, 0) is 6.54 Å². The van der Waals surface area contributed by atoms with E-state index in [2.05, 4.69) is 6.92 Å². The highest BCUT2D eigenvalue weighted by molar-refractivity contribution is 5.25. The number of quaternary nitrogens is 1. The molecule has 0 heterocycles. The Hall–Kier alpha value is -1.02. The average Bonchev–Trinajstić information content (AvgIpc) is 3.06. The van der Waals surface area contributed by atoms with E-state index < -0.39 is 0 Å². The predicted octanol–water partition coefficient (Wildman–Crippen LogP) is 1.60. The molecular formula is C14H22NO+. The van der Waals surface area contributed by atoms with Crippen molar-refractivity contribution in [3.63, 3.8) is 0 Å². The molecule has 2 N–H and O–H groups in total. The van der Waals surface area contributed by atoms with Crippen molar-refractivity contribution in [2.75, 3.05) is 13.1 Å². The van der Waals surface area contributed by atoms with E-state index in [9.17, 15) is 5.11 Å². The minimum atomic E-state index is 0.364. The van der Waals surface area contributed by atoms with Gasteiger partial charge in [-0.05, 0) is 43.5 Å². The van der Waals surface area contributed by atoms with Gasteiger partial charge in [0.25, 0.3) is 0 Å². The number of phenols is 1. The molecule has 0 amide bonds. The van der Waals surface area contributed by atoms with Crippen LogP contribution in [0.5, 0.6) is 5.75 Å². The van der Waals surface area contributed by atoms with Crippen molar-refractivity contribution < 1.29 is 10.0 Å². The van der Waals surface area contributed by atoms with E-state index in [0.717, 1.165) is 12.5 Å². The highest BCUT2D eigenvalue weighted by Crippen LogP contribution is 2.26. The molecule has 1 atom stereocenters. The topological polar surface area (TPSA) is 24.7 Å². The maximum Gasteiger partial charge on any atom is 0.115 e. The smallest absolute Gasteiger partial charge is 0.115 e. The van der Waals surface area contributed by atoms with Crippen LogP contribution in [0, 0.1) is 5.92 Å². The van der Waals surface area contributed by atoms with Crippen molar-refractivity contribution >= 4 is 0 Å². The normalized spacial score (nSPS) is 17.3. The average molecular weight is 220 g/mol. The Kier molecular flexibility index (Phi) is 3.83. The molecule has 0 saturated heterocycles. The SMILES string of the molecule is CCC[NH+](Cc1ccc(O)cc1)CC1CC1. The molecule has 88 valence electrons. The van der Waals surface area contributed by atoms with Gasteiger partial charge in [0.1, 0.15) is 12.3 Å². The van der Waals surface area contributed by atoms with Gasteiger partial charge in [0, 0.05) is 11.5 Å². The molecule has 1 saturated carbocycles. The van der Waals surface area contributed by atoms with Crippen LogP contribution in [0.3, 0.4) is 0 Å². The quantitative estimate of drug-likeness (QED) is 0.748. The first kappa shape index (κ1) is 11.5. The Morgan fingerprint density at radius 3 is 2.50 bits per heavy atom. The van der Waals surface area contributed by atoms with Gasteiger partial charge in [-0.2, -0.15) is 0 Å². The van der Waals surface area contributed by atoms with Crippen LogP contribution in [0.15, 0.2) is 24.3 Å². The number of aromatic hydroxyl groups is 1. The molecule has 1 unspecified atom stereocenters. The van der Waals surface area contributed by atoms with Gasteiger partial charge in [-0.25, -0.2) is 0 Å². The van der Waals surface area contributed by atoms with Gasteiger partial charge in [-0.3, -0.25) is 0 Å². The van der Waals surface area contributed by atoms with E-state index >= 15 is 0 Å². The Labute approximate surface area is 97.9 Å². The second-order valence-electron chi connectivity index (χ2n) is 4.99. The third-order valence-electron chi connectivity index (χ3n) is 3.27. The van der Waals surface area contributed by atoms with Crippen molar-refractivity contribution in [1.82, 2.24) is 0 Å². The lowest BCUT2D eigenvalue weighted by atomic mass is 10.2. The van der Waals surface area contributed by atoms with Gasteiger partial charge >= 0.3 is 0 Å². The fourth-order valence-electron chi connectivity index (χ4n) is 2.25. The minimum absolute atomic E-state index is 0.364. The lowest BCUT2D eigenvalue weighted by Crippen LogP contribution is -3.11. The number of hydrogen-bond acceptors (Lipinski definition) is 1. The summed E-state index contributed by atoms with van der Waals surface area (Å²) < 4.78 is 0. The molecule has 1 aliphatic rings. The Morgan fingerprint density at radius 2 is 1.94 bits per heavy atom. The molecular weight excluding hydrogens is 198 g/mol.